The third-order valence-corrected chi connectivity index (χ3v) is 7.05. The van der Waals surface area contributed by atoms with Crippen molar-refractivity contribution in [3.8, 4) is 0 Å². The number of allylic oxidation sites excluding steroid dienone is 5. The highest BCUT2D eigenvalue weighted by Gasteiger charge is 2.54. The maximum absolute atomic E-state index is 11.7. The lowest BCUT2D eigenvalue weighted by Crippen LogP contribution is -2.53. The number of hydrogen-bond donors (Lipinski definition) is 1. The minimum atomic E-state index is -0.198. The van der Waals surface area contributed by atoms with Crippen LogP contribution in [0.2, 0.25) is 0 Å². The molecule has 0 heterocycles. The van der Waals surface area contributed by atoms with Crippen LogP contribution in [0.25, 0.3) is 0 Å². The second kappa shape index (κ2) is 4.92. The maximum atomic E-state index is 11.7. The second-order valence-electron chi connectivity index (χ2n) is 8.18. The zero-order valence-corrected chi connectivity index (χ0v) is 13.5. The molecule has 0 aromatic carbocycles. The fourth-order valence-electron chi connectivity index (χ4n) is 5.87. The van der Waals surface area contributed by atoms with Crippen molar-refractivity contribution in [2.45, 2.75) is 45.6 Å². The first-order chi connectivity index (χ1) is 10.5. The molecule has 4 aliphatic carbocycles. The predicted octanol–water partition coefficient (Wildman–Crippen LogP) is 3.68. The molecule has 0 aromatic rings. The Bertz CT molecular complexity index is 585. The van der Waals surface area contributed by atoms with Crippen LogP contribution in [0.4, 0.5) is 0 Å². The van der Waals surface area contributed by atoms with E-state index in [1.54, 1.807) is 6.08 Å². The van der Waals surface area contributed by atoms with Crippen LogP contribution in [0.5, 0.6) is 0 Å². The van der Waals surface area contributed by atoms with Crippen molar-refractivity contribution in [1.82, 2.24) is 0 Å². The molecule has 2 nitrogen and oxygen atoms in total. The summed E-state index contributed by atoms with van der Waals surface area (Å²) < 4.78 is 0. The van der Waals surface area contributed by atoms with E-state index in [1.165, 1.54) is 12.0 Å². The van der Waals surface area contributed by atoms with Crippen LogP contribution in [0, 0.1) is 35.0 Å². The Kier molecular flexibility index (Phi) is 3.23. The molecule has 1 N–H and O–H groups in total. The minimum absolute atomic E-state index is 0.0413. The highest BCUT2D eigenvalue weighted by Crippen LogP contribution is 2.60. The molecule has 22 heavy (non-hydrogen) atoms. The molecule has 2 heteroatoms. The van der Waals surface area contributed by atoms with Gasteiger partial charge >= 0.3 is 0 Å². The van der Waals surface area contributed by atoms with Gasteiger partial charge in [0.25, 0.3) is 0 Å². The first-order valence-corrected chi connectivity index (χ1v) is 8.78. The van der Waals surface area contributed by atoms with E-state index >= 15 is 0 Å². The van der Waals surface area contributed by atoms with Crippen molar-refractivity contribution in [2.75, 3.05) is 0 Å². The summed E-state index contributed by atoms with van der Waals surface area (Å²) in [5.41, 5.74) is 1.39. The number of hydrogen-bond acceptors (Lipinski definition) is 2. The van der Waals surface area contributed by atoms with Gasteiger partial charge in [-0.25, -0.2) is 0 Å². The van der Waals surface area contributed by atoms with Crippen LogP contribution in [0.15, 0.2) is 36.0 Å². The summed E-state index contributed by atoms with van der Waals surface area (Å²) >= 11 is 0. The summed E-state index contributed by atoms with van der Waals surface area (Å²) in [5.74, 6) is 2.95. The zero-order chi connectivity index (χ0) is 15.5. The molecule has 4 rings (SSSR count). The number of ketones is 1. The molecule has 0 spiro atoms. The molecular formula is C20H26O2. The lowest BCUT2D eigenvalue weighted by molar-refractivity contribution is -0.111. The van der Waals surface area contributed by atoms with E-state index in [4.69, 9.17) is 0 Å². The van der Waals surface area contributed by atoms with E-state index in [-0.39, 0.29) is 17.3 Å². The van der Waals surface area contributed by atoms with E-state index in [0.29, 0.717) is 29.6 Å². The van der Waals surface area contributed by atoms with Crippen LogP contribution in [-0.2, 0) is 4.79 Å². The van der Waals surface area contributed by atoms with Gasteiger partial charge in [-0.3, -0.25) is 4.79 Å². The highest BCUT2D eigenvalue weighted by atomic mass is 16.3. The SMILES string of the molecule is C[C@@H]1CC2=CC(=O)C=C[C@@H]2[C@H]2CC[C@]3(C)[C@@H](O)CC=C[C@H]3[C@@H]21. The van der Waals surface area contributed by atoms with Gasteiger partial charge in [0, 0.05) is 11.3 Å². The third-order valence-electron chi connectivity index (χ3n) is 7.05. The monoisotopic (exact) mass is 298 g/mol. The molecule has 0 aromatic heterocycles. The standard InChI is InChI=1S/C20H26O2/c1-12-10-13-11-14(21)6-7-15(13)16-8-9-20(2)17(19(12)16)4-3-5-18(20)22/h3-4,6-7,11-12,15-19,22H,5,8-10H2,1-2H3/t12-,15+,16-,17+,18+,19-,20+/m1/s1. The van der Waals surface area contributed by atoms with Crippen LogP contribution in [-0.4, -0.2) is 17.0 Å². The molecule has 0 bridgehead atoms. The lowest BCUT2D eigenvalue weighted by Gasteiger charge is -2.58. The van der Waals surface area contributed by atoms with Gasteiger partial charge in [0.05, 0.1) is 6.10 Å². The Morgan fingerprint density at radius 2 is 2.14 bits per heavy atom. The van der Waals surface area contributed by atoms with Gasteiger partial charge in [-0.2, -0.15) is 0 Å². The van der Waals surface area contributed by atoms with Crippen LogP contribution in [0.3, 0.4) is 0 Å². The Hall–Kier alpha value is -1.15. The third kappa shape index (κ3) is 1.93. The predicted molar refractivity (Wildman–Crippen MR) is 87.1 cm³/mol. The van der Waals surface area contributed by atoms with E-state index in [1.807, 2.05) is 6.08 Å². The molecule has 0 saturated heterocycles. The van der Waals surface area contributed by atoms with Crippen molar-refractivity contribution >= 4 is 5.78 Å². The molecule has 0 unspecified atom stereocenters. The molecule has 2 fully saturated rings. The van der Waals surface area contributed by atoms with Crippen molar-refractivity contribution in [2.24, 2.45) is 35.0 Å². The summed E-state index contributed by atoms with van der Waals surface area (Å²) in [6.07, 6.45) is 14.3. The van der Waals surface area contributed by atoms with Gasteiger partial charge in [-0.05, 0) is 61.5 Å². The van der Waals surface area contributed by atoms with Crippen molar-refractivity contribution in [3.63, 3.8) is 0 Å². The lowest BCUT2D eigenvalue weighted by atomic mass is 9.47. The fourth-order valence-corrected chi connectivity index (χ4v) is 5.87. The Morgan fingerprint density at radius 3 is 2.95 bits per heavy atom. The normalized spacial score (nSPS) is 50.0. The summed E-state index contributed by atoms with van der Waals surface area (Å²) in [4.78, 5) is 11.7. The molecule has 118 valence electrons. The van der Waals surface area contributed by atoms with Crippen molar-refractivity contribution in [1.29, 1.82) is 0 Å². The van der Waals surface area contributed by atoms with Gasteiger partial charge in [-0.1, -0.05) is 37.6 Å². The Balaban J connectivity index is 1.72. The van der Waals surface area contributed by atoms with E-state index < -0.39 is 0 Å². The first kappa shape index (κ1) is 14.4. The number of aliphatic hydroxyl groups excluding tert-OH is 1. The van der Waals surface area contributed by atoms with Gasteiger partial charge in [-0.15, -0.1) is 0 Å². The maximum Gasteiger partial charge on any atom is 0.178 e. The Labute approximate surface area is 133 Å². The van der Waals surface area contributed by atoms with Crippen molar-refractivity contribution in [3.05, 3.63) is 36.0 Å². The molecule has 2 saturated carbocycles. The molecule has 7 atom stereocenters. The highest BCUT2D eigenvalue weighted by molar-refractivity contribution is 6.00. The number of fused-ring (bicyclic) bond motifs is 5. The molecule has 4 aliphatic rings. The quantitative estimate of drug-likeness (QED) is 0.693. The number of aliphatic hydroxyl groups is 1. The van der Waals surface area contributed by atoms with Gasteiger partial charge in [0.2, 0.25) is 0 Å². The van der Waals surface area contributed by atoms with E-state index in [9.17, 15) is 9.90 Å². The summed E-state index contributed by atoms with van der Waals surface area (Å²) in [7, 11) is 0. The molecular weight excluding hydrogens is 272 g/mol. The van der Waals surface area contributed by atoms with Crippen LogP contribution in [0.1, 0.15) is 39.5 Å². The first-order valence-electron chi connectivity index (χ1n) is 8.78. The average Bonchev–Trinajstić information content (AvgIpc) is 2.48. The summed E-state index contributed by atoms with van der Waals surface area (Å²) in [6, 6.07) is 0. The minimum Gasteiger partial charge on any atom is -0.392 e. The van der Waals surface area contributed by atoms with Gasteiger partial charge < -0.3 is 5.11 Å². The van der Waals surface area contributed by atoms with Crippen LogP contribution < -0.4 is 0 Å². The fraction of sp³-hybridized carbons (Fsp3) is 0.650. The van der Waals surface area contributed by atoms with Crippen LogP contribution >= 0.6 is 0 Å². The number of rotatable bonds is 0. The largest absolute Gasteiger partial charge is 0.392 e. The summed E-state index contributed by atoms with van der Waals surface area (Å²) in [5, 5.41) is 10.6. The van der Waals surface area contributed by atoms with Gasteiger partial charge in [0.1, 0.15) is 0 Å². The van der Waals surface area contributed by atoms with Crippen molar-refractivity contribution < 1.29 is 9.90 Å². The zero-order valence-electron chi connectivity index (χ0n) is 13.5. The number of carbonyl (C=O) groups is 1. The second-order valence-corrected chi connectivity index (χ2v) is 8.18. The molecule has 0 aliphatic heterocycles. The molecule has 0 amide bonds. The van der Waals surface area contributed by atoms with Gasteiger partial charge in [0.15, 0.2) is 5.78 Å². The Morgan fingerprint density at radius 1 is 1.32 bits per heavy atom. The summed E-state index contributed by atoms with van der Waals surface area (Å²) in [6.45, 7) is 4.64. The average molecular weight is 298 g/mol. The van der Waals surface area contributed by atoms with E-state index in [0.717, 1.165) is 19.3 Å². The molecule has 0 radical (unpaired) electrons. The number of carbonyl (C=O) groups excluding carboxylic acids is 1. The smallest absolute Gasteiger partial charge is 0.178 e. The van der Waals surface area contributed by atoms with E-state index in [2.05, 4.69) is 32.1 Å². The topological polar surface area (TPSA) is 37.3 Å².